The Bertz CT molecular complexity index is 394. The lowest BCUT2D eigenvalue weighted by atomic mass is 10.3. The maximum Gasteiger partial charge on any atom is 0.574 e. The van der Waals surface area contributed by atoms with Crippen molar-refractivity contribution in [1.29, 1.82) is 0 Å². The van der Waals surface area contributed by atoms with Crippen molar-refractivity contribution in [2.45, 2.75) is 6.36 Å². The van der Waals surface area contributed by atoms with Gasteiger partial charge in [-0.25, -0.2) is 9.78 Å². The number of hydrogen-bond acceptors (Lipinski definition) is 3. The number of pyridine rings is 1. The fourth-order valence-electron chi connectivity index (χ4n) is 0.801. The lowest BCUT2D eigenvalue weighted by Gasteiger charge is -2.10. The Balaban J connectivity index is 3.18. The summed E-state index contributed by atoms with van der Waals surface area (Å²) in [6.07, 6.45) is -4.10. The van der Waals surface area contributed by atoms with Crippen molar-refractivity contribution in [1.82, 2.24) is 4.98 Å². The summed E-state index contributed by atoms with van der Waals surface area (Å²) in [4.78, 5) is 13.7. The molecule has 8 heteroatoms. The molecule has 1 aromatic heterocycles. The third kappa shape index (κ3) is 2.98. The van der Waals surface area contributed by atoms with Crippen molar-refractivity contribution in [2.75, 3.05) is 0 Å². The fourth-order valence-corrected chi connectivity index (χ4v) is 1.02. The van der Waals surface area contributed by atoms with Gasteiger partial charge < -0.3 is 9.84 Å². The van der Waals surface area contributed by atoms with Gasteiger partial charge in [-0.15, -0.1) is 13.2 Å². The van der Waals surface area contributed by atoms with Crippen LogP contribution in [-0.2, 0) is 0 Å². The van der Waals surface area contributed by atoms with Crippen LogP contribution in [0.1, 0.15) is 10.4 Å². The van der Waals surface area contributed by atoms with Gasteiger partial charge in [0.15, 0.2) is 0 Å². The minimum Gasteiger partial charge on any atom is -0.477 e. The number of carbonyl (C=O) groups is 1. The smallest absolute Gasteiger partial charge is 0.477 e. The molecule has 0 fully saturated rings. The molecule has 4 nitrogen and oxygen atoms in total. The Morgan fingerprint density at radius 2 is 2.13 bits per heavy atom. The molecule has 0 aliphatic carbocycles. The zero-order valence-corrected chi connectivity index (χ0v) is 7.63. The largest absolute Gasteiger partial charge is 0.574 e. The van der Waals surface area contributed by atoms with E-state index in [0.29, 0.717) is 0 Å². The summed E-state index contributed by atoms with van der Waals surface area (Å²) in [6, 6.07) is 1.05. The van der Waals surface area contributed by atoms with Crippen LogP contribution in [0.3, 0.4) is 0 Å². The van der Waals surface area contributed by atoms with E-state index in [-0.39, 0.29) is 5.02 Å². The van der Waals surface area contributed by atoms with Crippen LogP contribution in [0, 0.1) is 0 Å². The second-order valence-corrected chi connectivity index (χ2v) is 2.73. The topological polar surface area (TPSA) is 59.4 Å². The predicted molar refractivity (Wildman–Crippen MR) is 42.9 cm³/mol. The van der Waals surface area contributed by atoms with Crippen molar-refractivity contribution in [3.63, 3.8) is 0 Å². The first-order valence-corrected chi connectivity index (χ1v) is 3.82. The number of carboxylic acid groups (broad SMARTS) is 1. The van der Waals surface area contributed by atoms with Crippen molar-refractivity contribution in [2.24, 2.45) is 0 Å². The van der Waals surface area contributed by atoms with Gasteiger partial charge >= 0.3 is 12.3 Å². The second kappa shape index (κ2) is 3.93. The summed E-state index contributed by atoms with van der Waals surface area (Å²) < 4.78 is 38.9. The van der Waals surface area contributed by atoms with Crippen LogP contribution >= 0.6 is 11.6 Å². The maximum atomic E-state index is 11.8. The van der Waals surface area contributed by atoms with Crippen molar-refractivity contribution < 1.29 is 27.8 Å². The molecule has 0 unspecified atom stereocenters. The number of halogens is 4. The number of rotatable bonds is 2. The molecule has 1 N–H and O–H groups in total. The quantitative estimate of drug-likeness (QED) is 0.863. The summed E-state index contributed by atoms with van der Waals surface area (Å²) in [7, 11) is 0. The van der Waals surface area contributed by atoms with E-state index in [1.807, 2.05) is 0 Å². The van der Waals surface area contributed by atoms with Crippen LogP contribution in [-0.4, -0.2) is 22.4 Å². The van der Waals surface area contributed by atoms with Gasteiger partial charge in [0.2, 0.25) is 5.88 Å². The SMILES string of the molecule is O=C(O)c1c(Cl)ccnc1OC(F)(F)F. The summed E-state index contributed by atoms with van der Waals surface area (Å²) >= 11 is 5.39. The summed E-state index contributed by atoms with van der Waals surface area (Å²) in [6.45, 7) is 0. The van der Waals surface area contributed by atoms with Crippen LogP contribution in [0.5, 0.6) is 5.88 Å². The Labute approximate surface area is 86.3 Å². The Hall–Kier alpha value is -1.50. The molecular weight excluding hydrogens is 239 g/mol. The first kappa shape index (κ1) is 11.6. The van der Waals surface area contributed by atoms with Crippen molar-refractivity contribution >= 4 is 17.6 Å². The van der Waals surface area contributed by atoms with E-state index in [4.69, 9.17) is 16.7 Å². The number of hydrogen-bond donors (Lipinski definition) is 1. The molecule has 1 rings (SSSR count). The standard InChI is InChI=1S/C7H3ClF3NO3/c8-3-1-2-12-5(4(3)6(13)14)15-7(9,10)11/h1-2H,(H,13,14). The van der Waals surface area contributed by atoms with Gasteiger partial charge in [-0.1, -0.05) is 11.6 Å². The van der Waals surface area contributed by atoms with Gasteiger partial charge in [-0.2, -0.15) is 0 Å². The van der Waals surface area contributed by atoms with Gasteiger partial charge in [-0.3, -0.25) is 0 Å². The van der Waals surface area contributed by atoms with Gasteiger partial charge in [0.25, 0.3) is 0 Å². The minimum atomic E-state index is -5.01. The minimum absolute atomic E-state index is 0.378. The molecule has 0 aliphatic heterocycles. The molecule has 15 heavy (non-hydrogen) atoms. The second-order valence-electron chi connectivity index (χ2n) is 2.33. The van der Waals surface area contributed by atoms with E-state index in [9.17, 15) is 18.0 Å². The van der Waals surface area contributed by atoms with Crippen molar-refractivity contribution in [3.8, 4) is 5.88 Å². The molecular formula is C7H3ClF3NO3. The highest BCUT2D eigenvalue weighted by atomic mass is 35.5. The molecule has 0 saturated carbocycles. The lowest BCUT2D eigenvalue weighted by Crippen LogP contribution is -2.20. The monoisotopic (exact) mass is 241 g/mol. The molecule has 1 aromatic rings. The third-order valence-electron chi connectivity index (χ3n) is 1.29. The first-order valence-electron chi connectivity index (χ1n) is 3.45. The number of nitrogens with zero attached hydrogens (tertiary/aromatic N) is 1. The third-order valence-corrected chi connectivity index (χ3v) is 1.61. The molecule has 0 spiro atoms. The normalized spacial score (nSPS) is 11.2. The zero-order chi connectivity index (χ0) is 11.6. The van der Waals surface area contributed by atoms with Gasteiger partial charge in [0.1, 0.15) is 5.56 Å². The highest BCUT2D eigenvalue weighted by molar-refractivity contribution is 6.33. The lowest BCUT2D eigenvalue weighted by molar-refractivity contribution is -0.276. The number of aromatic nitrogens is 1. The van der Waals surface area contributed by atoms with Gasteiger partial charge in [0, 0.05) is 6.20 Å². The molecule has 0 atom stereocenters. The summed E-state index contributed by atoms with van der Waals surface area (Å²) in [5.41, 5.74) is -0.823. The van der Waals surface area contributed by atoms with E-state index in [0.717, 1.165) is 12.3 Å². The highest BCUT2D eigenvalue weighted by Crippen LogP contribution is 2.28. The van der Waals surface area contributed by atoms with Crippen molar-refractivity contribution in [3.05, 3.63) is 22.8 Å². The zero-order valence-electron chi connectivity index (χ0n) is 6.88. The molecule has 0 aliphatic rings. The van der Waals surface area contributed by atoms with E-state index in [2.05, 4.69) is 9.72 Å². The average Bonchev–Trinajstić information content (AvgIpc) is 1.99. The number of aromatic carboxylic acids is 1. The Morgan fingerprint density at radius 1 is 1.53 bits per heavy atom. The molecule has 82 valence electrons. The van der Waals surface area contributed by atoms with Gasteiger partial charge in [0.05, 0.1) is 5.02 Å². The van der Waals surface area contributed by atoms with Crippen LogP contribution in [0.2, 0.25) is 5.02 Å². The molecule has 0 bridgehead atoms. The number of ether oxygens (including phenoxy) is 1. The molecule has 0 radical (unpaired) electrons. The predicted octanol–water partition coefficient (Wildman–Crippen LogP) is 2.33. The number of carboxylic acids is 1. The van der Waals surface area contributed by atoms with Crippen LogP contribution < -0.4 is 4.74 Å². The van der Waals surface area contributed by atoms with E-state index in [1.165, 1.54) is 0 Å². The van der Waals surface area contributed by atoms with Gasteiger partial charge in [-0.05, 0) is 6.07 Å². The van der Waals surface area contributed by atoms with Crippen LogP contribution in [0.25, 0.3) is 0 Å². The maximum absolute atomic E-state index is 11.8. The highest BCUT2D eigenvalue weighted by Gasteiger charge is 2.34. The Morgan fingerprint density at radius 3 is 2.60 bits per heavy atom. The average molecular weight is 242 g/mol. The van der Waals surface area contributed by atoms with Crippen LogP contribution in [0.15, 0.2) is 12.3 Å². The Kier molecular flexibility index (Phi) is 3.04. The van der Waals surface area contributed by atoms with Crippen LogP contribution in [0.4, 0.5) is 13.2 Å². The van der Waals surface area contributed by atoms with E-state index < -0.39 is 23.8 Å². The summed E-state index contributed by atoms with van der Waals surface area (Å²) in [5.74, 6) is -2.73. The molecule has 0 amide bonds. The molecule has 0 saturated heterocycles. The summed E-state index contributed by atoms with van der Waals surface area (Å²) in [5, 5.41) is 8.19. The molecule has 0 aromatic carbocycles. The first-order chi connectivity index (χ1) is 6.81. The molecule has 1 heterocycles. The fraction of sp³-hybridized carbons (Fsp3) is 0.143. The van der Waals surface area contributed by atoms with E-state index >= 15 is 0 Å². The number of alkyl halides is 3. The van der Waals surface area contributed by atoms with E-state index in [1.54, 1.807) is 0 Å².